The number of carbonyl (C=O) groups excluding carboxylic acids is 1. The van der Waals surface area contributed by atoms with Crippen LogP contribution in [0.2, 0.25) is 0 Å². The maximum absolute atomic E-state index is 12.0. The second-order valence-corrected chi connectivity index (χ2v) is 6.79. The summed E-state index contributed by atoms with van der Waals surface area (Å²) in [4.78, 5) is 16.0. The van der Waals surface area contributed by atoms with Crippen LogP contribution >= 0.6 is 0 Å². The summed E-state index contributed by atoms with van der Waals surface area (Å²) in [5.41, 5.74) is 0.253. The molecule has 1 amide bonds. The first kappa shape index (κ1) is 15.9. The molecule has 1 heterocycles. The van der Waals surface area contributed by atoms with E-state index in [1.165, 1.54) is 56.7 Å². The van der Waals surface area contributed by atoms with Crippen LogP contribution in [0, 0.1) is 0 Å². The van der Waals surface area contributed by atoms with Crippen molar-refractivity contribution in [3.8, 4) is 5.75 Å². The number of carbonyl (C=O) groups is 1. The molecule has 0 aliphatic carbocycles. The number of sulfonamides is 1. The van der Waals surface area contributed by atoms with Gasteiger partial charge in [0.1, 0.15) is 0 Å². The first-order valence-corrected chi connectivity index (χ1v) is 7.74. The van der Waals surface area contributed by atoms with Gasteiger partial charge < -0.3 is 10.4 Å². The molecule has 0 bridgehead atoms. The lowest BCUT2D eigenvalue weighted by Gasteiger charge is -2.11. The highest BCUT2D eigenvalue weighted by atomic mass is 32.2. The van der Waals surface area contributed by atoms with Crippen molar-refractivity contribution in [3.05, 3.63) is 48.2 Å². The molecular weight excluding hydrogens is 306 g/mol. The van der Waals surface area contributed by atoms with E-state index in [4.69, 9.17) is 0 Å². The van der Waals surface area contributed by atoms with Crippen molar-refractivity contribution in [1.29, 1.82) is 0 Å². The number of benzene rings is 1. The molecule has 0 atom stereocenters. The van der Waals surface area contributed by atoms with Crippen LogP contribution in [0.1, 0.15) is 10.4 Å². The first-order chi connectivity index (χ1) is 10.3. The number of hydrogen-bond acceptors (Lipinski definition) is 5. The number of rotatable bonds is 4. The first-order valence-electron chi connectivity index (χ1n) is 6.30. The van der Waals surface area contributed by atoms with E-state index >= 15 is 0 Å². The minimum absolute atomic E-state index is 0.0393. The second kappa shape index (κ2) is 6.12. The Morgan fingerprint density at radius 3 is 2.36 bits per heavy atom. The lowest BCUT2D eigenvalue weighted by Crippen LogP contribution is -2.22. The SMILES string of the molecule is CN(C)S(=O)(=O)c1ccc(C(=O)Nc2ncccc2O)cc1. The average molecular weight is 321 g/mol. The summed E-state index contributed by atoms with van der Waals surface area (Å²) >= 11 is 0. The summed E-state index contributed by atoms with van der Waals surface area (Å²) in [5, 5.41) is 12.0. The monoisotopic (exact) mass is 321 g/mol. The molecule has 22 heavy (non-hydrogen) atoms. The van der Waals surface area contributed by atoms with Gasteiger partial charge in [0, 0.05) is 25.9 Å². The predicted octanol–water partition coefficient (Wildman–Crippen LogP) is 1.29. The van der Waals surface area contributed by atoms with Gasteiger partial charge in [-0.2, -0.15) is 0 Å². The molecule has 8 heteroatoms. The molecule has 1 aromatic heterocycles. The Labute approximate surface area is 128 Å². The van der Waals surface area contributed by atoms with E-state index in [9.17, 15) is 18.3 Å². The van der Waals surface area contributed by atoms with Crippen molar-refractivity contribution in [2.45, 2.75) is 4.90 Å². The number of anilines is 1. The summed E-state index contributed by atoms with van der Waals surface area (Å²) in [6, 6.07) is 8.42. The van der Waals surface area contributed by atoms with E-state index < -0.39 is 15.9 Å². The summed E-state index contributed by atoms with van der Waals surface area (Å²) in [6.07, 6.45) is 1.43. The van der Waals surface area contributed by atoms with Gasteiger partial charge in [0.25, 0.3) is 5.91 Å². The highest BCUT2D eigenvalue weighted by Crippen LogP contribution is 2.20. The second-order valence-electron chi connectivity index (χ2n) is 4.64. The molecule has 0 saturated heterocycles. The predicted molar refractivity (Wildman–Crippen MR) is 81.2 cm³/mol. The van der Waals surface area contributed by atoms with Crippen molar-refractivity contribution in [3.63, 3.8) is 0 Å². The van der Waals surface area contributed by atoms with Crippen LogP contribution in [-0.2, 0) is 10.0 Å². The van der Waals surface area contributed by atoms with Crippen LogP contribution in [0.25, 0.3) is 0 Å². The molecule has 0 aliphatic heterocycles. The summed E-state index contributed by atoms with van der Waals surface area (Å²) in [7, 11) is -0.675. The van der Waals surface area contributed by atoms with Crippen molar-refractivity contribution in [1.82, 2.24) is 9.29 Å². The van der Waals surface area contributed by atoms with E-state index in [-0.39, 0.29) is 22.0 Å². The van der Waals surface area contributed by atoms with E-state index in [2.05, 4.69) is 10.3 Å². The molecular formula is C14H15N3O4S. The number of amides is 1. The summed E-state index contributed by atoms with van der Waals surface area (Å²) in [6.45, 7) is 0. The topological polar surface area (TPSA) is 99.6 Å². The minimum atomic E-state index is -3.54. The molecule has 2 rings (SSSR count). The zero-order valence-electron chi connectivity index (χ0n) is 12.0. The van der Waals surface area contributed by atoms with Gasteiger partial charge in [-0.3, -0.25) is 4.79 Å². The molecule has 7 nitrogen and oxygen atoms in total. The fraction of sp³-hybridized carbons (Fsp3) is 0.143. The zero-order chi connectivity index (χ0) is 16.3. The average Bonchev–Trinajstić information content (AvgIpc) is 2.49. The van der Waals surface area contributed by atoms with Crippen molar-refractivity contribution in [2.75, 3.05) is 19.4 Å². The number of pyridine rings is 1. The number of hydrogen-bond donors (Lipinski definition) is 2. The van der Waals surface area contributed by atoms with Crippen LogP contribution in [0.4, 0.5) is 5.82 Å². The molecule has 0 fully saturated rings. The Bertz CT molecular complexity index is 786. The normalized spacial score (nSPS) is 11.4. The number of aromatic hydroxyl groups is 1. The van der Waals surface area contributed by atoms with Crippen LogP contribution in [-0.4, -0.2) is 42.8 Å². The Hall–Kier alpha value is -2.45. The molecule has 2 N–H and O–H groups in total. The Morgan fingerprint density at radius 1 is 1.18 bits per heavy atom. The number of nitrogens with one attached hydrogen (secondary N) is 1. The van der Waals surface area contributed by atoms with Gasteiger partial charge in [0.15, 0.2) is 11.6 Å². The van der Waals surface area contributed by atoms with E-state index in [1.54, 1.807) is 0 Å². The number of aromatic nitrogens is 1. The molecule has 0 aliphatic rings. The minimum Gasteiger partial charge on any atom is -0.504 e. The molecule has 0 spiro atoms. The fourth-order valence-corrected chi connectivity index (χ4v) is 2.56. The van der Waals surface area contributed by atoms with Gasteiger partial charge in [0.05, 0.1) is 4.90 Å². The molecule has 2 aromatic rings. The van der Waals surface area contributed by atoms with Gasteiger partial charge in [-0.05, 0) is 36.4 Å². The summed E-state index contributed by atoms with van der Waals surface area (Å²) in [5.74, 6) is -0.608. The Balaban J connectivity index is 2.21. The standard InChI is InChI=1S/C14H15N3O4S/c1-17(2)22(20,21)11-7-5-10(6-8-11)14(19)16-13-12(18)4-3-9-15-13/h3-9,18H,1-2H3,(H,15,16,19). The van der Waals surface area contributed by atoms with Crippen LogP contribution in [0.5, 0.6) is 5.75 Å². The van der Waals surface area contributed by atoms with Gasteiger partial charge in [-0.25, -0.2) is 17.7 Å². The van der Waals surface area contributed by atoms with E-state index in [0.29, 0.717) is 0 Å². The molecule has 116 valence electrons. The molecule has 1 aromatic carbocycles. The fourth-order valence-electron chi connectivity index (χ4n) is 1.66. The van der Waals surface area contributed by atoms with Crippen molar-refractivity contribution >= 4 is 21.7 Å². The molecule has 0 unspecified atom stereocenters. The van der Waals surface area contributed by atoms with E-state index in [1.807, 2.05) is 0 Å². The number of nitrogens with zero attached hydrogens (tertiary/aromatic N) is 2. The summed E-state index contributed by atoms with van der Waals surface area (Å²) < 4.78 is 25.0. The van der Waals surface area contributed by atoms with Crippen molar-refractivity contribution in [2.24, 2.45) is 0 Å². The third-order valence-electron chi connectivity index (χ3n) is 2.91. The van der Waals surface area contributed by atoms with Crippen molar-refractivity contribution < 1.29 is 18.3 Å². The van der Waals surface area contributed by atoms with Gasteiger partial charge in [-0.15, -0.1) is 0 Å². The molecule has 0 radical (unpaired) electrons. The quantitative estimate of drug-likeness (QED) is 0.884. The third kappa shape index (κ3) is 3.23. The van der Waals surface area contributed by atoms with Gasteiger partial charge in [0.2, 0.25) is 10.0 Å². The van der Waals surface area contributed by atoms with Crippen LogP contribution in [0.3, 0.4) is 0 Å². The van der Waals surface area contributed by atoms with Gasteiger partial charge >= 0.3 is 0 Å². The lowest BCUT2D eigenvalue weighted by molar-refractivity contribution is 0.102. The van der Waals surface area contributed by atoms with Crippen LogP contribution < -0.4 is 5.32 Å². The largest absolute Gasteiger partial charge is 0.504 e. The van der Waals surface area contributed by atoms with E-state index in [0.717, 1.165) is 4.31 Å². The maximum Gasteiger partial charge on any atom is 0.256 e. The smallest absolute Gasteiger partial charge is 0.256 e. The highest BCUT2D eigenvalue weighted by Gasteiger charge is 2.17. The van der Waals surface area contributed by atoms with Gasteiger partial charge in [-0.1, -0.05) is 0 Å². The third-order valence-corrected chi connectivity index (χ3v) is 4.74. The highest BCUT2D eigenvalue weighted by molar-refractivity contribution is 7.89. The Morgan fingerprint density at radius 2 is 1.82 bits per heavy atom. The maximum atomic E-state index is 12.0. The molecule has 0 saturated carbocycles. The van der Waals surface area contributed by atoms with Crippen LogP contribution in [0.15, 0.2) is 47.5 Å². The lowest BCUT2D eigenvalue weighted by atomic mass is 10.2. The Kier molecular flexibility index (Phi) is 4.43. The zero-order valence-corrected chi connectivity index (χ0v) is 12.8.